The minimum atomic E-state index is -0.266. The van der Waals surface area contributed by atoms with Crippen LogP contribution in [-0.4, -0.2) is 25.0 Å². The number of nitrogens with one attached hydrogen (secondary N) is 2. The minimum absolute atomic E-state index is 0.147. The number of hydrogen-bond acceptors (Lipinski definition) is 5. The summed E-state index contributed by atoms with van der Waals surface area (Å²) in [6, 6.07) is 15.0. The molecule has 0 fully saturated rings. The molecule has 0 spiro atoms. The van der Waals surface area contributed by atoms with Gasteiger partial charge in [0.2, 0.25) is 0 Å². The number of rotatable bonds is 5. The molecule has 0 bridgehead atoms. The molecule has 1 aromatic heterocycles. The quantitative estimate of drug-likeness (QED) is 0.599. The standard InChI is InChI=1S/C25H24N2O4S/c28-23(17-10-11-19-20(14-17)31-13-12-30-19)27-25-22(18-8-4-5-9-21(18)32-25)24(29)26-15-16-6-2-1-3-7-16/h1-3,6-7,10-11,14H,4-5,8-9,12-13,15H2,(H,26,29)(H,27,28). The van der Waals surface area contributed by atoms with Crippen LogP contribution in [-0.2, 0) is 19.4 Å². The first-order chi connectivity index (χ1) is 15.7. The number of aryl methyl sites for hydroxylation is 1. The van der Waals surface area contributed by atoms with Gasteiger partial charge in [-0.2, -0.15) is 0 Å². The van der Waals surface area contributed by atoms with Gasteiger partial charge in [-0.3, -0.25) is 9.59 Å². The number of hydrogen-bond donors (Lipinski definition) is 2. The smallest absolute Gasteiger partial charge is 0.256 e. The first kappa shape index (κ1) is 20.6. The van der Waals surface area contributed by atoms with Gasteiger partial charge in [-0.15, -0.1) is 11.3 Å². The van der Waals surface area contributed by atoms with E-state index in [0.29, 0.717) is 47.4 Å². The summed E-state index contributed by atoms with van der Waals surface area (Å²) in [5.74, 6) is 0.791. The molecule has 2 aliphatic rings. The Balaban J connectivity index is 1.39. The molecule has 2 aromatic carbocycles. The predicted octanol–water partition coefficient (Wildman–Crippen LogP) is 4.58. The SMILES string of the molecule is O=C(Nc1sc2c(c1C(=O)NCc1ccccc1)CCCC2)c1ccc2c(c1)OCCO2. The van der Waals surface area contributed by atoms with Gasteiger partial charge in [0.25, 0.3) is 11.8 Å². The maximum absolute atomic E-state index is 13.2. The van der Waals surface area contributed by atoms with Crippen molar-refractivity contribution in [2.24, 2.45) is 0 Å². The molecule has 2 N–H and O–H groups in total. The highest BCUT2D eigenvalue weighted by Gasteiger charge is 2.27. The Bertz CT molecular complexity index is 1160. The molecular formula is C25H24N2O4S. The molecule has 2 heterocycles. The zero-order valence-electron chi connectivity index (χ0n) is 17.6. The Morgan fingerprint density at radius 1 is 0.906 bits per heavy atom. The summed E-state index contributed by atoms with van der Waals surface area (Å²) in [5.41, 5.74) is 3.18. The number of anilines is 1. The average Bonchev–Trinajstić information content (AvgIpc) is 3.20. The van der Waals surface area contributed by atoms with E-state index in [1.54, 1.807) is 18.2 Å². The second-order valence-corrected chi connectivity index (χ2v) is 9.00. The zero-order valence-corrected chi connectivity index (χ0v) is 18.4. The molecule has 2 amide bonds. The molecule has 0 radical (unpaired) electrons. The van der Waals surface area contributed by atoms with Gasteiger partial charge in [-0.25, -0.2) is 0 Å². The van der Waals surface area contributed by atoms with Crippen molar-refractivity contribution in [3.8, 4) is 11.5 Å². The number of amides is 2. The van der Waals surface area contributed by atoms with Crippen LogP contribution in [0.15, 0.2) is 48.5 Å². The zero-order chi connectivity index (χ0) is 21.9. The van der Waals surface area contributed by atoms with Crippen LogP contribution in [0.1, 0.15) is 49.6 Å². The van der Waals surface area contributed by atoms with Gasteiger partial charge in [-0.05, 0) is 55.0 Å². The molecule has 32 heavy (non-hydrogen) atoms. The molecule has 0 saturated heterocycles. The summed E-state index contributed by atoms with van der Waals surface area (Å²) in [6.07, 6.45) is 3.96. The first-order valence-electron chi connectivity index (χ1n) is 10.9. The summed E-state index contributed by atoms with van der Waals surface area (Å²) in [7, 11) is 0. The average molecular weight is 449 g/mol. The van der Waals surface area contributed by atoms with Crippen LogP contribution >= 0.6 is 11.3 Å². The topological polar surface area (TPSA) is 76.7 Å². The molecule has 7 heteroatoms. The van der Waals surface area contributed by atoms with Crippen molar-refractivity contribution in [1.82, 2.24) is 5.32 Å². The maximum Gasteiger partial charge on any atom is 0.256 e. The predicted molar refractivity (Wildman–Crippen MR) is 124 cm³/mol. The summed E-state index contributed by atoms with van der Waals surface area (Å²) in [4.78, 5) is 27.4. The van der Waals surface area contributed by atoms with Gasteiger partial charge < -0.3 is 20.1 Å². The second-order valence-electron chi connectivity index (χ2n) is 7.90. The van der Waals surface area contributed by atoms with E-state index >= 15 is 0 Å². The summed E-state index contributed by atoms with van der Waals surface area (Å²) >= 11 is 1.52. The fourth-order valence-corrected chi connectivity index (χ4v) is 5.40. The number of fused-ring (bicyclic) bond motifs is 2. The minimum Gasteiger partial charge on any atom is -0.486 e. The van der Waals surface area contributed by atoms with E-state index in [4.69, 9.17) is 9.47 Å². The lowest BCUT2D eigenvalue weighted by molar-refractivity contribution is 0.0951. The number of thiophene rings is 1. The summed E-state index contributed by atoms with van der Waals surface area (Å²) in [6.45, 7) is 1.40. The van der Waals surface area contributed by atoms with Crippen LogP contribution in [0.3, 0.4) is 0 Å². The number of ether oxygens (including phenoxy) is 2. The van der Waals surface area contributed by atoms with Gasteiger partial charge >= 0.3 is 0 Å². The van der Waals surface area contributed by atoms with Crippen LogP contribution in [0, 0.1) is 0 Å². The first-order valence-corrected chi connectivity index (χ1v) is 11.7. The highest BCUT2D eigenvalue weighted by atomic mass is 32.1. The third-order valence-corrected chi connectivity index (χ3v) is 6.93. The van der Waals surface area contributed by atoms with Crippen LogP contribution in [0.2, 0.25) is 0 Å². The molecule has 3 aromatic rings. The summed E-state index contributed by atoms with van der Waals surface area (Å²) < 4.78 is 11.1. The molecular weight excluding hydrogens is 424 g/mol. The number of carbonyl (C=O) groups is 2. The van der Waals surface area contributed by atoms with Crippen molar-refractivity contribution >= 4 is 28.2 Å². The lowest BCUT2D eigenvalue weighted by Crippen LogP contribution is -2.25. The highest BCUT2D eigenvalue weighted by molar-refractivity contribution is 7.17. The van der Waals surface area contributed by atoms with Crippen molar-refractivity contribution in [2.75, 3.05) is 18.5 Å². The highest BCUT2D eigenvalue weighted by Crippen LogP contribution is 2.39. The molecule has 0 unspecified atom stereocenters. The van der Waals surface area contributed by atoms with Crippen molar-refractivity contribution in [1.29, 1.82) is 0 Å². The molecule has 164 valence electrons. The van der Waals surface area contributed by atoms with Gasteiger partial charge in [0, 0.05) is 17.0 Å². The van der Waals surface area contributed by atoms with E-state index in [1.165, 1.54) is 16.2 Å². The Hall–Kier alpha value is -3.32. The largest absolute Gasteiger partial charge is 0.486 e. The Kier molecular flexibility index (Phi) is 5.81. The van der Waals surface area contributed by atoms with Crippen LogP contribution in [0.25, 0.3) is 0 Å². The second kappa shape index (κ2) is 9.04. The molecule has 0 atom stereocenters. The van der Waals surface area contributed by atoms with E-state index in [0.717, 1.165) is 36.8 Å². The van der Waals surface area contributed by atoms with Crippen LogP contribution in [0.4, 0.5) is 5.00 Å². The third kappa shape index (κ3) is 4.21. The lowest BCUT2D eigenvalue weighted by atomic mass is 9.95. The van der Waals surface area contributed by atoms with E-state index in [9.17, 15) is 9.59 Å². The van der Waals surface area contributed by atoms with Crippen molar-refractivity contribution in [3.05, 3.63) is 75.7 Å². The number of carbonyl (C=O) groups excluding carboxylic acids is 2. The van der Waals surface area contributed by atoms with Crippen LogP contribution in [0.5, 0.6) is 11.5 Å². The number of benzene rings is 2. The fraction of sp³-hybridized carbons (Fsp3) is 0.280. The monoisotopic (exact) mass is 448 g/mol. The van der Waals surface area contributed by atoms with E-state index in [1.807, 2.05) is 30.3 Å². The van der Waals surface area contributed by atoms with Gasteiger partial charge in [0.05, 0.1) is 5.56 Å². The summed E-state index contributed by atoms with van der Waals surface area (Å²) in [5, 5.41) is 6.63. The Morgan fingerprint density at radius 2 is 1.69 bits per heavy atom. The molecule has 1 aliphatic heterocycles. The van der Waals surface area contributed by atoms with Gasteiger partial charge in [0.1, 0.15) is 18.2 Å². The van der Waals surface area contributed by atoms with E-state index in [2.05, 4.69) is 10.6 Å². The lowest BCUT2D eigenvalue weighted by Gasteiger charge is -2.18. The van der Waals surface area contributed by atoms with Crippen LogP contribution < -0.4 is 20.1 Å². The van der Waals surface area contributed by atoms with Crippen molar-refractivity contribution in [2.45, 2.75) is 32.2 Å². The molecule has 1 aliphatic carbocycles. The van der Waals surface area contributed by atoms with Gasteiger partial charge in [0.15, 0.2) is 11.5 Å². The Morgan fingerprint density at radius 3 is 2.53 bits per heavy atom. The van der Waals surface area contributed by atoms with E-state index < -0.39 is 0 Å². The van der Waals surface area contributed by atoms with E-state index in [-0.39, 0.29) is 11.8 Å². The maximum atomic E-state index is 13.2. The Labute approximate surface area is 190 Å². The molecule has 0 saturated carbocycles. The van der Waals surface area contributed by atoms with Gasteiger partial charge in [-0.1, -0.05) is 30.3 Å². The fourth-order valence-electron chi connectivity index (χ4n) is 4.12. The molecule has 6 nitrogen and oxygen atoms in total. The third-order valence-electron chi connectivity index (χ3n) is 5.73. The van der Waals surface area contributed by atoms with Crippen molar-refractivity contribution < 1.29 is 19.1 Å². The normalized spacial score (nSPS) is 14.4. The van der Waals surface area contributed by atoms with Crippen molar-refractivity contribution in [3.63, 3.8) is 0 Å². The molecule has 5 rings (SSSR count).